The first-order chi connectivity index (χ1) is 9.04. The predicted molar refractivity (Wildman–Crippen MR) is 85.6 cm³/mol. The van der Waals surface area contributed by atoms with E-state index in [0.717, 1.165) is 23.3 Å². The molecule has 2 heterocycles. The van der Waals surface area contributed by atoms with Crippen molar-refractivity contribution in [3.63, 3.8) is 0 Å². The van der Waals surface area contributed by atoms with Crippen LogP contribution in [0.3, 0.4) is 0 Å². The summed E-state index contributed by atoms with van der Waals surface area (Å²) in [6.45, 7) is 5.23. The normalized spacial score (nSPS) is 12.9. The molecule has 2 rings (SSSR count). The van der Waals surface area contributed by atoms with E-state index in [2.05, 4.69) is 67.4 Å². The molecule has 0 aliphatic heterocycles. The molecular weight excluding hydrogens is 392 g/mol. The third-order valence-electron chi connectivity index (χ3n) is 2.86. The van der Waals surface area contributed by atoms with Crippen molar-refractivity contribution >= 4 is 43.2 Å². The predicted octanol–water partition coefficient (Wildman–Crippen LogP) is 3.80. The SMILES string of the molecule is CCCNC(c1cc(C)c(Br)s1)c1c(Br)nnn1C. The average molecular weight is 408 g/mol. The molecule has 19 heavy (non-hydrogen) atoms. The zero-order valence-corrected chi connectivity index (χ0v) is 15.1. The second-order valence-electron chi connectivity index (χ2n) is 4.38. The van der Waals surface area contributed by atoms with Crippen molar-refractivity contribution in [2.45, 2.75) is 26.3 Å². The van der Waals surface area contributed by atoms with Crippen LogP contribution < -0.4 is 5.32 Å². The van der Waals surface area contributed by atoms with Crippen LogP contribution in [-0.4, -0.2) is 21.5 Å². The van der Waals surface area contributed by atoms with Crippen LogP contribution in [0.2, 0.25) is 0 Å². The lowest BCUT2D eigenvalue weighted by Gasteiger charge is -2.17. The molecule has 0 aromatic carbocycles. The highest BCUT2D eigenvalue weighted by molar-refractivity contribution is 9.11. The number of aryl methyl sites for hydroxylation is 2. The first-order valence-corrected chi connectivity index (χ1v) is 8.49. The molecule has 0 spiro atoms. The third kappa shape index (κ3) is 3.26. The van der Waals surface area contributed by atoms with Gasteiger partial charge in [-0.15, -0.1) is 16.4 Å². The first kappa shape index (κ1) is 15.2. The minimum atomic E-state index is 0.115. The van der Waals surface area contributed by atoms with Gasteiger partial charge in [-0.3, -0.25) is 0 Å². The van der Waals surface area contributed by atoms with Crippen LogP contribution in [0.1, 0.15) is 35.5 Å². The molecular formula is C12H16Br2N4S. The Morgan fingerprint density at radius 3 is 2.68 bits per heavy atom. The van der Waals surface area contributed by atoms with Crippen molar-refractivity contribution < 1.29 is 0 Å². The number of aromatic nitrogens is 3. The van der Waals surface area contributed by atoms with Gasteiger partial charge in [0.1, 0.15) is 0 Å². The summed E-state index contributed by atoms with van der Waals surface area (Å²) in [7, 11) is 1.92. The van der Waals surface area contributed by atoms with Crippen LogP contribution in [0.15, 0.2) is 14.5 Å². The fourth-order valence-corrected chi connectivity index (χ4v) is 4.10. The standard InChI is InChI=1S/C12H16Br2N4S/c1-4-5-15-9(8-6-7(2)12(14)19-8)10-11(13)16-17-18(10)3/h6,9,15H,4-5H2,1-3H3. The maximum Gasteiger partial charge on any atom is 0.153 e. The molecule has 0 bridgehead atoms. The maximum absolute atomic E-state index is 4.08. The fraction of sp³-hybridized carbons (Fsp3) is 0.500. The van der Waals surface area contributed by atoms with Crippen molar-refractivity contribution in [1.82, 2.24) is 20.3 Å². The van der Waals surface area contributed by atoms with E-state index in [0.29, 0.717) is 0 Å². The van der Waals surface area contributed by atoms with Gasteiger partial charge in [0.15, 0.2) is 4.60 Å². The van der Waals surface area contributed by atoms with Crippen molar-refractivity contribution in [3.8, 4) is 0 Å². The molecule has 1 N–H and O–H groups in total. The van der Waals surface area contributed by atoms with Crippen LogP contribution in [0.4, 0.5) is 0 Å². The topological polar surface area (TPSA) is 42.7 Å². The Hall–Kier alpha value is -0.240. The number of hydrogen-bond acceptors (Lipinski definition) is 4. The fourth-order valence-electron chi connectivity index (χ4n) is 1.89. The van der Waals surface area contributed by atoms with E-state index in [1.807, 2.05) is 11.7 Å². The lowest BCUT2D eigenvalue weighted by molar-refractivity contribution is 0.555. The van der Waals surface area contributed by atoms with Gasteiger partial charge in [0.25, 0.3) is 0 Å². The second kappa shape index (κ2) is 6.47. The summed E-state index contributed by atoms with van der Waals surface area (Å²) in [4.78, 5) is 1.27. The van der Waals surface area contributed by atoms with E-state index in [-0.39, 0.29) is 6.04 Å². The molecule has 1 unspecified atom stereocenters. The molecule has 4 nitrogen and oxygen atoms in total. The molecule has 7 heteroatoms. The van der Waals surface area contributed by atoms with E-state index >= 15 is 0 Å². The Balaban J connectivity index is 2.41. The number of halogens is 2. The highest BCUT2D eigenvalue weighted by Gasteiger charge is 2.23. The highest BCUT2D eigenvalue weighted by atomic mass is 79.9. The molecule has 0 radical (unpaired) electrons. The summed E-state index contributed by atoms with van der Waals surface area (Å²) in [5, 5.41) is 11.7. The lowest BCUT2D eigenvalue weighted by atomic mass is 10.1. The molecule has 0 aliphatic rings. The average Bonchev–Trinajstić information content (AvgIpc) is 2.86. The lowest BCUT2D eigenvalue weighted by Crippen LogP contribution is -2.24. The summed E-state index contributed by atoms with van der Waals surface area (Å²) < 4.78 is 3.79. The van der Waals surface area contributed by atoms with Gasteiger partial charge in [-0.1, -0.05) is 12.1 Å². The molecule has 0 aliphatic carbocycles. The van der Waals surface area contributed by atoms with E-state index in [9.17, 15) is 0 Å². The van der Waals surface area contributed by atoms with Crippen LogP contribution in [0, 0.1) is 6.92 Å². The van der Waals surface area contributed by atoms with E-state index in [1.165, 1.54) is 14.2 Å². The summed E-state index contributed by atoms with van der Waals surface area (Å²) in [6.07, 6.45) is 1.09. The van der Waals surface area contributed by atoms with E-state index in [1.54, 1.807) is 11.3 Å². The van der Waals surface area contributed by atoms with Gasteiger partial charge in [0.2, 0.25) is 0 Å². The Labute approximate surface area is 133 Å². The number of nitrogens with zero attached hydrogens (tertiary/aromatic N) is 3. The van der Waals surface area contributed by atoms with Crippen LogP contribution >= 0.6 is 43.2 Å². The van der Waals surface area contributed by atoms with Gasteiger partial charge in [-0.05, 0) is 63.4 Å². The zero-order valence-electron chi connectivity index (χ0n) is 11.1. The van der Waals surface area contributed by atoms with Gasteiger partial charge >= 0.3 is 0 Å². The van der Waals surface area contributed by atoms with Crippen LogP contribution in [0.25, 0.3) is 0 Å². The maximum atomic E-state index is 4.08. The molecule has 0 amide bonds. The van der Waals surface area contributed by atoms with Gasteiger partial charge in [-0.2, -0.15) is 0 Å². The van der Waals surface area contributed by atoms with Gasteiger partial charge in [-0.25, -0.2) is 4.68 Å². The Morgan fingerprint density at radius 2 is 2.21 bits per heavy atom. The Bertz CT molecular complexity index is 525. The number of nitrogens with one attached hydrogen (secondary N) is 1. The molecule has 0 fully saturated rings. The minimum absolute atomic E-state index is 0.115. The molecule has 0 saturated heterocycles. The van der Waals surface area contributed by atoms with Crippen molar-refractivity contribution in [2.75, 3.05) is 6.54 Å². The smallest absolute Gasteiger partial charge is 0.153 e. The Kier molecular flexibility index (Phi) is 5.16. The quantitative estimate of drug-likeness (QED) is 0.819. The molecule has 2 aromatic rings. The van der Waals surface area contributed by atoms with Gasteiger partial charge in [0.05, 0.1) is 15.5 Å². The zero-order chi connectivity index (χ0) is 14.0. The second-order valence-corrected chi connectivity index (χ2v) is 7.53. The number of hydrogen-bond donors (Lipinski definition) is 1. The van der Waals surface area contributed by atoms with Crippen LogP contribution in [-0.2, 0) is 7.05 Å². The summed E-state index contributed by atoms with van der Waals surface area (Å²) in [6, 6.07) is 2.32. The monoisotopic (exact) mass is 406 g/mol. The van der Waals surface area contributed by atoms with Gasteiger partial charge in [0, 0.05) is 11.9 Å². The van der Waals surface area contributed by atoms with Crippen molar-refractivity contribution in [2.24, 2.45) is 7.05 Å². The molecule has 2 aromatic heterocycles. The number of rotatable bonds is 5. The van der Waals surface area contributed by atoms with Crippen molar-refractivity contribution in [1.29, 1.82) is 0 Å². The summed E-state index contributed by atoms with van der Waals surface area (Å²) >= 11 is 8.84. The first-order valence-electron chi connectivity index (χ1n) is 6.08. The number of thiophene rings is 1. The van der Waals surface area contributed by atoms with E-state index < -0.39 is 0 Å². The van der Waals surface area contributed by atoms with E-state index in [4.69, 9.17) is 0 Å². The Morgan fingerprint density at radius 1 is 1.47 bits per heavy atom. The summed E-state index contributed by atoms with van der Waals surface area (Å²) in [5.74, 6) is 0. The van der Waals surface area contributed by atoms with Crippen LogP contribution in [0.5, 0.6) is 0 Å². The highest BCUT2D eigenvalue weighted by Crippen LogP contribution is 2.35. The largest absolute Gasteiger partial charge is 0.304 e. The molecule has 104 valence electrons. The third-order valence-corrected chi connectivity index (χ3v) is 5.63. The van der Waals surface area contributed by atoms with Gasteiger partial charge < -0.3 is 5.32 Å². The molecule has 1 atom stereocenters. The summed E-state index contributed by atoms with van der Waals surface area (Å²) in [5.41, 5.74) is 2.32. The minimum Gasteiger partial charge on any atom is -0.304 e. The van der Waals surface area contributed by atoms with Crippen molar-refractivity contribution in [3.05, 3.63) is 30.6 Å². The molecule has 0 saturated carbocycles.